The van der Waals surface area contributed by atoms with E-state index in [0.717, 1.165) is 35.9 Å². The average molecular weight is 427 g/mol. The Bertz CT molecular complexity index is 1100. The van der Waals surface area contributed by atoms with Crippen LogP contribution in [0.1, 0.15) is 35.7 Å². The number of nitrogens with zero attached hydrogens (tertiary/aromatic N) is 5. The van der Waals surface area contributed by atoms with E-state index in [1.165, 1.54) is 28.5 Å². The largest absolute Gasteiger partial charge is 0.378 e. The van der Waals surface area contributed by atoms with Crippen molar-refractivity contribution in [2.24, 2.45) is 5.92 Å². The van der Waals surface area contributed by atoms with Crippen molar-refractivity contribution >= 4 is 33.0 Å². The lowest BCUT2D eigenvalue weighted by Gasteiger charge is -2.30. The highest BCUT2D eigenvalue weighted by Crippen LogP contribution is 2.26. The van der Waals surface area contributed by atoms with Crippen LogP contribution >= 0.6 is 11.3 Å². The summed E-state index contributed by atoms with van der Waals surface area (Å²) in [4.78, 5) is 34.5. The molecule has 9 heteroatoms. The Morgan fingerprint density at radius 3 is 2.77 bits per heavy atom. The van der Waals surface area contributed by atoms with Crippen molar-refractivity contribution in [2.75, 3.05) is 37.0 Å². The molecule has 0 radical (unpaired) electrons. The second-order valence-electron chi connectivity index (χ2n) is 7.99. The first-order valence-corrected chi connectivity index (χ1v) is 10.9. The van der Waals surface area contributed by atoms with Crippen LogP contribution in [0.15, 0.2) is 35.3 Å². The van der Waals surface area contributed by atoms with Gasteiger partial charge < -0.3 is 15.1 Å². The number of anilines is 2. The molecule has 1 atom stereocenters. The molecule has 4 rings (SSSR count). The smallest absolute Gasteiger partial charge is 0.288 e. The molecular formula is C21H26N6O2S. The lowest BCUT2D eigenvalue weighted by Crippen LogP contribution is -2.34. The molecule has 1 N–H and O–H groups in total. The number of nitrogens with one attached hydrogen (secondary N) is 1. The van der Waals surface area contributed by atoms with E-state index in [1.54, 1.807) is 0 Å². The fourth-order valence-corrected chi connectivity index (χ4v) is 4.51. The summed E-state index contributed by atoms with van der Waals surface area (Å²) in [7, 11) is 3.95. The number of hydrogen-bond acceptors (Lipinski definition) is 7. The number of amides is 1. The molecule has 1 aliphatic rings. The van der Waals surface area contributed by atoms with Crippen molar-refractivity contribution in [3.05, 3.63) is 51.9 Å². The number of benzene rings is 1. The highest BCUT2D eigenvalue weighted by atomic mass is 32.1. The zero-order valence-corrected chi connectivity index (χ0v) is 18.3. The molecule has 8 nitrogen and oxygen atoms in total. The normalized spacial score (nSPS) is 16.6. The molecule has 1 fully saturated rings. The van der Waals surface area contributed by atoms with E-state index in [1.807, 2.05) is 43.3 Å². The molecule has 3 heterocycles. The van der Waals surface area contributed by atoms with Crippen LogP contribution in [-0.2, 0) is 6.54 Å². The van der Waals surface area contributed by atoms with E-state index in [-0.39, 0.29) is 5.56 Å². The number of rotatable bonds is 5. The van der Waals surface area contributed by atoms with Gasteiger partial charge in [0.25, 0.3) is 11.5 Å². The molecular weight excluding hydrogens is 400 g/mol. The van der Waals surface area contributed by atoms with Crippen molar-refractivity contribution < 1.29 is 4.79 Å². The predicted molar refractivity (Wildman–Crippen MR) is 120 cm³/mol. The van der Waals surface area contributed by atoms with E-state index in [9.17, 15) is 9.59 Å². The van der Waals surface area contributed by atoms with Gasteiger partial charge in [-0.2, -0.15) is 4.52 Å². The van der Waals surface area contributed by atoms with Crippen LogP contribution in [0.25, 0.3) is 4.96 Å². The van der Waals surface area contributed by atoms with Crippen molar-refractivity contribution in [3.63, 3.8) is 0 Å². The highest BCUT2D eigenvalue weighted by Gasteiger charge is 2.22. The lowest BCUT2D eigenvalue weighted by molar-refractivity contribution is 0.0948. The Morgan fingerprint density at radius 1 is 1.30 bits per heavy atom. The molecule has 30 heavy (non-hydrogen) atoms. The maximum absolute atomic E-state index is 12.8. The second-order valence-corrected chi connectivity index (χ2v) is 8.93. The van der Waals surface area contributed by atoms with Crippen molar-refractivity contribution in [1.82, 2.24) is 19.9 Å². The quantitative estimate of drug-likeness (QED) is 0.675. The average Bonchev–Trinajstić information content (AvgIpc) is 3.18. The Kier molecular flexibility index (Phi) is 5.72. The maximum Gasteiger partial charge on any atom is 0.288 e. The molecule has 1 aromatic carbocycles. The van der Waals surface area contributed by atoms with E-state index in [2.05, 4.69) is 27.2 Å². The number of fused-ring (bicyclic) bond motifs is 1. The summed E-state index contributed by atoms with van der Waals surface area (Å²) < 4.78 is 1.25. The Labute approximate surface area is 179 Å². The standard InChI is InChI=1S/C21H26N6O2S/c1-14-5-4-10-26(13-14)21-24-27-19(29)17(12-23-20(27)30-21)18(28)22-11-15-6-8-16(9-7-15)25(2)3/h6-9,12,14H,4-5,10-11,13H2,1-3H3,(H,22,28)/t14-/m1/s1. The second kappa shape index (κ2) is 8.43. The van der Waals surface area contributed by atoms with Gasteiger partial charge in [0.2, 0.25) is 10.1 Å². The van der Waals surface area contributed by atoms with Crippen LogP contribution < -0.4 is 20.7 Å². The summed E-state index contributed by atoms with van der Waals surface area (Å²) in [5.41, 5.74) is 1.60. The van der Waals surface area contributed by atoms with Crippen LogP contribution in [0.4, 0.5) is 10.8 Å². The Hall–Kier alpha value is -2.94. The minimum Gasteiger partial charge on any atom is -0.378 e. The van der Waals surface area contributed by atoms with E-state index >= 15 is 0 Å². The number of aromatic nitrogens is 3. The first-order valence-electron chi connectivity index (χ1n) is 10.1. The Morgan fingerprint density at radius 2 is 2.07 bits per heavy atom. The van der Waals surface area contributed by atoms with E-state index < -0.39 is 11.5 Å². The van der Waals surface area contributed by atoms with Crippen LogP contribution in [0.2, 0.25) is 0 Å². The zero-order valence-electron chi connectivity index (χ0n) is 17.5. The molecule has 0 saturated carbocycles. The molecule has 0 unspecified atom stereocenters. The van der Waals surface area contributed by atoms with Crippen LogP contribution in [0, 0.1) is 5.92 Å². The molecule has 1 saturated heterocycles. The van der Waals surface area contributed by atoms with Gasteiger partial charge in [-0.25, -0.2) is 4.98 Å². The summed E-state index contributed by atoms with van der Waals surface area (Å²) in [6.07, 6.45) is 3.67. The molecule has 1 aliphatic heterocycles. The molecule has 0 spiro atoms. The first kappa shape index (κ1) is 20.3. The topological polar surface area (TPSA) is 82.8 Å². The van der Waals surface area contributed by atoms with Gasteiger partial charge in [0.15, 0.2) is 0 Å². The SMILES string of the molecule is C[C@@H]1CCCN(c2nn3c(=O)c(C(=O)NCc4ccc(N(C)C)cc4)cnc3s2)C1. The minimum atomic E-state index is -0.445. The van der Waals surface area contributed by atoms with Gasteiger partial charge in [-0.05, 0) is 36.5 Å². The number of piperidine rings is 1. The fraction of sp³-hybridized carbons (Fsp3) is 0.429. The van der Waals surface area contributed by atoms with Crippen LogP contribution in [-0.4, -0.2) is 47.7 Å². The van der Waals surface area contributed by atoms with Gasteiger partial charge in [-0.15, -0.1) is 5.10 Å². The summed E-state index contributed by atoms with van der Waals surface area (Å²) >= 11 is 1.39. The van der Waals surface area contributed by atoms with Crippen molar-refractivity contribution in [3.8, 4) is 0 Å². The van der Waals surface area contributed by atoms with Crippen molar-refractivity contribution in [2.45, 2.75) is 26.3 Å². The zero-order chi connectivity index (χ0) is 21.3. The molecule has 0 aliphatic carbocycles. The minimum absolute atomic E-state index is 0.00118. The third kappa shape index (κ3) is 4.16. The van der Waals surface area contributed by atoms with Gasteiger partial charge in [-0.1, -0.05) is 30.4 Å². The first-order chi connectivity index (χ1) is 14.4. The summed E-state index contributed by atoms with van der Waals surface area (Å²) in [5, 5.41) is 8.05. The monoisotopic (exact) mass is 426 g/mol. The van der Waals surface area contributed by atoms with E-state index in [4.69, 9.17) is 0 Å². The number of carbonyl (C=O) groups excluding carboxylic acids is 1. The lowest BCUT2D eigenvalue weighted by atomic mass is 10.0. The van der Waals surface area contributed by atoms with E-state index in [0.29, 0.717) is 17.4 Å². The predicted octanol–water partition coefficient (Wildman–Crippen LogP) is 2.38. The summed E-state index contributed by atoms with van der Waals surface area (Å²) in [6.45, 7) is 4.41. The van der Waals surface area contributed by atoms with Gasteiger partial charge in [0, 0.05) is 45.6 Å². The molecule has 158 valence electrons. The molecule has 3 aromatic rings. The number of carbonyl (C=O) groups is 1. The fourth-order valence-electron chi connectivity index (χ4n) is 3.61. The van der Waals surface area contributed by atoms with Gasteiger partial charge in [0.1, 0.15) is 5.56 Å². The maximum atomic E-state index is 12.8. The van der Waals surface area contributed by atoms with Crippen LogP contribution in [0.5, 0.6) is 0 Å². The van der Waals surface area contributed by atoms with Gasteiger partial charge in [0.05, 0.1) is 0 Å². The number of hydrogen-bond donors (Lipinski definition) is 1. The Balaban J connectivity index is 1.50. The summed E-state index contributed by atoms with van der Waals surface area (Å²) in [6, 6.07) is 7.89. The van der Waals surface area contributed by atoms with Crippen LogP contribution in [0.3, 0.4) is 0 Å². The highest BCUT2D eigenvalue weighted by molar-refractivity contribution is 7.20. The van der Waals surface area contributed by atoms with Gasteiger partial charge >= 0.3 is 0 Å². The van der Waals surface area contributed by atoms with Crippen molar-refractivity contribution in [1.29, 1.82) is 0 Å². The molecule has 2 aromatic heterocycles. The third-order valence-corrected chi connectivity index (χ3v) is 6.34. The summed E-state index contributed by atoms with van der Waals surface area (Å²) in [5.74, 6) is 0.156. The molecule has 1 amide bonds. The van der Waals surface area contributed by atoms with Gasteiger partial charge in [-0.3, -0.25) is 9.59 Å². The molecule has 0 bridgehead atoms. The third-order valence-electron chi connectivity index (χ3n) is 5.35.